The predicted molar refractivity (Wildman–Crippen MR) is 55.5 cm³/mol. The molecule has 15 heavy (non-hydrogen) atoms. The highest BCUT2D eigenvalue weighted by molar-refractivity contribution is 5.91. The summed E-state index contributed by atoms with van der Waals surface area (Å²) in [6.45, 7) is 5.40. The van der Waals surface area contributed by atoms with Crippen molar-refractivity contribution in [3.05, 3.63) is 35.9 Å². The summed E-state index contributed by atoms with van der Waals surface area (Å²) in [4.78, 5) is 10.7. The van der Waals surface area contributed by atoms with E-state index in [9.17, 15) is 9.90 Å². The third-order valence-corrected chi connectivity index (χ3v) is 1.97. The number of phenols is 1. The van der Waals surface area contributed by atoms with E-state index in [4.69, 9.17) is 9.84 Å². The first-order chi connectivity index (χ1) is 7.07. The number of hydrogen-bond acceptors (Lipinski definition) is 3. The van der Waals surface area contributed by atoms with Crippen molar-refractivity contribution in [2.24, 2.45) is 0 Å². The van der Waals surface area contributed by atoms with Crippen LogP contribution in [0.2, 0.25) is 0 Å². The fourth-order valence-corrected chi connectivity index (χ4v) is 1.16. The van der Waals surface area contributed by atoms with Crippen LogP contribution in [0.4, 0.5) is 0 Å². The van der Waals surface area contributed by atoms with Gasteiger partial charge in [0.2, 0.25) is 0 Å². The van der Waals surface area contributed by atoms with Crippen molar-refractivity contribution >= 4 is 5.97 Å². The fraction of sp³-hybridized carbons (Fsp3) is 0.182. The molecule has 0 unspecified atom stereocenters. The van der Waals surface area contributed by atoms with Crippen LogP contribution < -0.4 is 4.74 Å². The molecule has 0 aliphatic carbocycles. The van der Waals surface area contributed by atoms with Gasteiger partial charge in [-0.25, -0.2) is 4.79 Å². The Morgan fingerprint density at radius 2 is 2.27 bits per heavy atom. The van der Waals surface area contributed by atoms with E-state index in [-0.39, 0.29) is 11.3 Å². The zero-order chi connectivity index (χ0) is 11.4. The average Bonchev–Trinajstić information content (AvgIpc) is 2.20. The highest BCUT2D eigenvalue weighted by atomic mass is 16.5. The molecule has 1 aromatic carbocycles. The van der Waals surface area contributed by atoms with E-state index in [1.165, 1.54) is 12.1 Å². The second-order valence-corrected chi connectivity index (χ2v) is 2.99. The molecule has 0 radical (unpaired) electrons. The summed E-state index contributed by atoms with van der Waals surface area (Å²) in [7, 11) is 0. The lowest BCUT2D eigenvalue weighted by molar-refractivity contribution is 0.0693. The fourth-order valence-electron chi connectivity index (χ4n) is 1.16. The molecule has 4 heteroatoms. The van der Waals surface area contributed by atoms with Crippen LogP contribution in [0.3, 0.4) is 0 Å². The number of carboxylic acids is 1. The van der Waals surface area contributed by atoms with Crippen LogP contribution in [0.1, 0.15) is 15.9 Å². The number of carboxylic acid groups (broad SMARTS) is 1. The minimum absolute atomic E-state index is 0.126. The van der Waals surface area contributed by atoms with Gasteiger partial charge in [0.1, 0.15) is 23.7 Å². The first-order valence-corrected chi connectivity index (χ1v) is 4.37. The summed E-state index contributed by atoms with van der Waals surface area (Å²) < 4.78 is 5.23. The monoisotopic (exact) mass is 208 g/mol. The third-order valence-electron chi connectivity index (χ3n) is 1.97. The molecule has 2 N–H and O–H groups in total. The maximum absolute atomic E-state index is 10.7. The van der Waals surface area contributed by atoms with Gasteiger partial charge in [0.25, 0.3) is 0 Å². The van der Waals surface area contributed by atoms with E-state index < -0.39 is 5.97 Å². The highest BCUT2D eigenvalue weighted by Crippen LogP contribution is 2.30. The lowest BCUT2D eigenvalue weighted by atomic mass is 10.1. The van der Waals surface area contributed by atoms with Crippen LogP contribution in [0.25, 0.3) is 0 Å². The molecular weight excluding hydrogens is 196 g/mol. The van der Waals surface area contributed by atoms with Gasteiger partial charge in [0.15, 0.2) is 0 Å². The van der Waals surface area contributed by atoms with Gasteiger partial charge < -0.3 is 14.9 Å². The number of ether oxygens (including phenoxy) is 1. The van der Waals surface area contributed by atoms with Crippen LogP contribution in [-0.4, -0.2) is 22.8 Å². The normalized spacial score (nSPS) is 9.67. The zero-order valence-corrected chi connectivity index (χ0v) is 8.36. The number of rotatable bonds is 4. The summed E-state index contributed by atoms with van der Waals surface area (Å²) in [5.41, 5.74) is 0.287. The van der Waals surface area contributed by atoms with Gasteiger partial charge in [-0.05, 0) is 19.1 Å². The van der Waals surface area contributed by atoms with Gasteiger partial charge in [-0.15, -0.1) is 0 Å². The number of aromatic carboxylic acids is 1. The molecule has 0 aliphatic heterocycles. The molecule has 0 aliphatic rings. The van der Waals surface area contributed by atoms with Gasteiger partial charge in [0.05, 0.1) is 0 Å². The summed E-state index contributed by atoms with van der Waals surface area (Å²) in [5.74, 6) is -0.965. The lowest BCUT2D eigenvalue weighted by Gasteiger charge is -2.09. The Kier molecular flexibility index (Phi) is 3.33. The first-order valence-electron chi connectivity index (χ1n) is 4.37. The predicted octanol–water partition coefficient (Wildman–Crippen LogP) is 1.96. The Balaban J connectivity index is 3.09. The maximum Gasteiger partial charge on any atom is 0.339 e. The van der Waals surface area contributed by atoms with Crippen LogP contribution in [-0.2, 0) is 0 Å². The number of aromatic hydroxyl groups is 1. The van der Waals surface area contributed by atoms with Crippen LogP contribution in [0.15, 0.2) is 24.8 Å². The van der Waals surface area contributed by atoms with Gasteiger partial charge in [0, 0.05) is 5.56 Å². The molecule has 0 amide bonds. The van der Waals surface area contributed by atoms with E-state index in [0.29, 0.717) is 17.9 Å². The molecule has 0 fully saturated rings. The number of carbonyl (C=O) groups is 1. The quantitative estimate of drug-likeness (QED) is 0.742. The number of hydrogen-bond donors (Lipinski definition) is 2. The van der Waals surface area contributed by atoms with E-state index in [1.807, 2.05) is 0 Å². The molecule has 80 valence electrons. The SMILES string of the molecule is C=CCOc1ccc(C(=O)O)c(O)c1C. The maximum atomic E-state index is 10.7. The van der Waals surface area contributed by atoms with Gasteiger partial charge in [-0.2, -0.15) is 0 Å². The first kappa shape index (κ1) is 11.1. The number of benzene rings is 1. The van der Waals surface area contributed by atoms with Crippen LogP contribution >= 0.6 is 0 Å². The van der Waals surface area contributed by atoms with Crippen molar-refractivity contribution in [2.45, 2.75) is 6.92 Å². The van der Waals surface area contributed by atoms with Crippen molar-refractivity contribution in [2.75, 3.05) is 6.61 Å². The van der Waals surface area contributed by atoms with Crippen LogP contribution in [0, 0.1) is 6.92 Å². The smallest absolute Gasteiger partial charge is 0.339 e. The summed E-state index contributed by atoms with van der Waals surface area (Å²) in [5, 5.41) is 18.3. The standard InChI is InChI=1S/C11H12O4/c1-3-6-15-9-5-4-8(11(13)14)10(12)7(9)2/h3-5,12H,1,6H2,2H3,(H,13,14). The second kappa shape index (κ2) is 4.50. The van der Waals surface area contributed by atoms with E-state index in [2.05, 4.69) is 6.58 Å². The highest BCUT2D eigenvalue weighted by Gasteiger charge is 2.14. The van der Waals surface area contributed by atoms with E-state index in [1.54, 1.807) is 13.0 Å². The molecule has 0 atom stereocenters. The van der Waals surface area contributed by atoms with Crippen molar-refractivity contribution < 1.29 is 19.7 Å². The summed E-state index contributed by atoms with van der Waals surface area (Å²) in [6, 6.07) is 2.82. The molecule has 1 aromatic rings. The molecule has 0 saturated carbocycles. The zero-order valence-electron chi connectivity index (χ0n) is 8.36. The minimum Gasteiger partial charge on any atom is -0.507 e. The topological polar surface area (TPSA) is 66.8 Å². The summed E-state index contributed by atoms with van der Waals surface area (Å²) in [6.07, 6.45) is 1.57. The molecule has 0 aromatic heterocycles. The average molecular weight is 208 g/mol. The molecule has 4 nitrogen and oxygen atoms in total. The van der Waals surface area contributed by atoms with E-state index >= 15 is 0 Å². The largest absolute Gasteiger partial charge is 0.507 e. The minimum atomic E-state index is -1.16. The lowest BCUT2D eigenvalue weighted by Crippen LogP contribution is -2.01. The van der Waals surface area contributed by atoms with Crippen molar-refractivity contribution in [1.82, 2.24) is 0 Å². The van der Waals surface area contributed by atoms with Crippen molar-refractivity contribution in [1.29, 1.82) is 0 Å². The Hall–Kier alpha value is -1.97. The van der Waals surface area contributed by atoms with Crippen molar-refractivity contribution in [3.63, 3.8) is 0 Å². The van der Waals surface area contributed by atoms with Crippen molar-refractivity contribution in [3.8, 4) is 11.5 Å². The molecule has 0 heterocycles. The molecule has 0 bridgehead atoms. The second-order valence-electron chi connectivity index (χ2n) is 2.99. The Morgan fingerprint density at radius 1 is 1.60 bits per heavy atom. The van der Waals surface area contributed by atoms with Gasteiger partial charge in [-0.1, -0.05) is 12.7 Å². The Labute approximate surface area is 87.4 Å². The van der Waals surface area contributed by atoms with E-state index in [0.717, 1.165) is 0 Å². The van der Waals surface area contributed by atoms with Gasteiger partial charge in [-0.3, -0.25) is 0 Å². The molecule has 1 rings (SSSR count). The van der Waals surface area contributed by atoms with Gasteiger partial charge >= 0.3 is 5.97 Å². The molecular formula is C11H12O4. The summed E-state index contributed by atoms with van der Waals surface area (Å²) >= 11 is 0. The Bertz CT molecular complexity index is 396. The Morgan fingerprint density at radius 3 is 2.80 bits per heavy atom. The molecule has 0 spiro atoms. The third kappa shape index (κ3) is 2.28. The van der Waals surface area contributed by atoms with Crippen LogP contribution in [0.5, 0.6) is 11.5 Å². The molecule has 0 saturated heterocycles.